The summed E-state index contributed by atoms with van der Waals surface area (Å²) in [6.07, 6.45) is 24.7. The number of nitrogens with zero attached hydrogens (tertiary/aromatic N) is 2. The third kappa shape index (κ3) is 10.6. The van der Waals surface area contributed by atoms with Gasteiger partial charge >= 0.3 is 0 Å². The molecule has 0 radical (unpaired) electrons. The molecule has 0 unspecified atom stereocenters. The quantitative estimate of drug-likeness (QED) is 0.302. The first-order valence-corrected chi connectivity index (χ1v) is 10.4. The molecule has 1 rings (SSSR count). The van der Waals surface area contributed by atoms with Crippen molar-refractivity contribution >= 4 is 0 Å². The van der Waals surface area contributed by atoms with Crippen molar-refractivity contribution < 1.29 is 0 Å². The zero-order valence-electron chi connectivity index (χ0n) is 15.9. The predicted molar refractivity (Wildman–Crippen MR) is 102 cm³/mol. The van der Waals surface area contributed by atoms with Crippen LogP contribution in [0.4, 0.5) is 0 Å². The first kappa shape index (κ1) is 20.3. The van der Waals surface area contributed by atoms with Crippen LogP contribution in [0.15, 0.2) is 12.4 Å². The van der Waals surface area contributed by atoms with Gasteiger partial charge in [-0.05, 0) is 12.8 Å². The highest BCUT2D eigenvalue weighted by atomic mass is 15.1. The maximum Gasteiger partial charge on any atom is 0.108 e. The Morgan fingerprint density at radius 3 is 1.83 bits per heavy atom. The summed E-state index contributed by atoms with van der Waals surface area (Å²) in [5.74, 6) is 1.31. The van der Waals surface area contributed by atoms with Gasteiger partial charge in [0.05, 0.1) is 0 Å². The van der Waals surface area contributed by atoms with Crippen LogP contribution in [0.1, 0.15) is 110 Å². The van der Waals surface area contributed by atoms with Crippen LogP contribution in [0.2, 0.25) is 0 Å². The number of unbranched alkanes of at least 4 members (excludes halogenated alkanes) is 12. The lowest BCUT2D eigenvalue weighted by Crippen LogP contribution is -2.03. The first-order chi connectivity index (χ1) is 11.4. The molecule has 2 heteroatoms. The van der Waals surface area contributed by atoms with Crippen LogP contribution in [-0.4, -0.2) is 9.55 Å². The molecule has 0 amide bonds. The van der Waals surface area contributed by atoms with Crippen molar-refractivity contribution in [2.45, 2.75) is 117 Å². The Hall–Kier alpha value is -0.790. The summed E-state index contributed by atoms with van der Waals surface area (Å²) in [6.45, 7) is 5.73. The van der Waals surface area contributed by atoms with Gasteiger partial charge in [-0.25, -0.2) is 4.98 Å². The lowest BCUT2D eigenvalue weighted by Gasteiger charge is -2.08. The van der Waals surface area contributed by atoms with Crippen LogP contribution >= 0.6 is 0 Å². The van der Waals surface area contributed by atoms with Crippen molar-refractivity contribution in [2.24, 2.45) is 0 Å². The van der Waals surface area contributed by atoms with Crippen LogP contribution < -0.4 is 0 Å². The highest BCUT2D eigenvalue weighted by molar-refractivity contribution is 4.92. The van der Waals surface area contributed by atoms with E-state index in [4.69, 9.17) is 0 Å². The zero-order valence-corrected chi connectivity index (χ0v) is 15.9. The van der Waals surface area contributed by atoms with Crippen molar-refractivity contribution in [3.05, 3.63) is 18.2 Å². The molecule has 0 fully saturated rings. The molecule has 0 saturated heterocycles. The van der Waals surface area contributed by atoms with E-state index in [-0.39, 0.29) is 0 Å². The van der Waals surface area contributed by atoms with Crippen LogP contribution in [-0.2, 0) is 13.0 Å². The number of aryl methyl sites for hydroxylation is 2. The molecule has 0 aliphatic carbocycles. The molecule has 23 heavy (non-hydrogen) atoms. The summed E-state index contributed by atoms with van der Waals surface area (Å²) in [5, 5.41) is 0. The average molecular weight is 321 g/mol. The van der Waals surface area contributed by atoms with Crippen molar-refractivity contribution in [3.63, 3.8) is 0 Å². The van der Waals surface area contributed by atoms with Crippen LogP contribution in [0.25, 0.3) is 0 Å². The van der Waals surface area contributed by atoms with Gasteiger partial charge in [0.25, 0.3) is 0 Å². The Morgan fingerprint density at radius 1 is 0.696 bits per heavy atom. The minimum Gasteiger partial charge on any atom is -0.335 e. The van der Waals surface area contributed by atoms with E-state index >= 15 is 0 Å². The van der Waals surface area contributed by atoms with E-state index in [9.17, 15) is 0 Å². The fraction of sp³-hybridized carbons (Fsp3) is 0.857. The second kappa shape index (κ2) is 14.8. The number of aromatic nitrogens is 2. The fourth-order valence-corrected chi connectivity index (χ4v) is 3.25. The van der Waals surface area contributed by atoms with Crippen LogP contribution in [0.5, 0.6) is 0 Å². The van der Waals surface area contributed by atoms with E-state index in [1.54, 1.807) is 0 Å². The largest absolute Gasteiger partial charge is 0.335 e. The summed E-state index contributed by atoms with van der Waals surface area (Å²) in [4.78, 5) is 4.57. The monoisotopic (exact) mass is 320 g/mol. The van der Waals surface area contributed by atoms with Crippen LogP contribution in [0, 0.1) is 0 Å². The van der Waals surface area contributed by atoms with Gasteiger partial charge in [-0.2, -0.15) is 0 Å². The summed E-state index contributed by atoms with van der Waals surface area (Å²) < 4.78 is 2.39. The third-order valence-electron chi connectivity index (χ3n) is 4.81. The van der Waals surface area contributed by atoms with Gasteiger partial charge in [0, 0.05) is 25.4 Å². The molecule has 0 atom stereocenters. The maximum absolute atomic E-state index is 4.57. The van der Waals surface area contributed by atoms with Gasteiger partial charge in [-0.1, -0.05) is 90.9 Å². The van der Waals surface area contributed by atoms with Crippen molar-refractivity contribution in [1.29, 1.82) is 0 Å². The molecule has 0 aromatic carbocycles. The van der Waals surface area contributed by atoms with Gasteiger partial charge in [0.1, 0.15) is 5.82 Å². The topological polar surface area (TPSA) is 17.8 Å². The Balaban J connectivity index is 2.04. The third-order valence-corrected chi connectivity index (χ3v) is 4.81. The molecule has 2 nitrogen and oxygen atoms in total. The summed E-state index contributed by atoms with van der Waals surface area (Å²) >= 11 is 0. The van der Waals surface area contributed by atoms with Gasteiger partial charge in [0.2, 0.25) is 0 Å². The molecule has 134 valence electrons. The average Bonchev–Trinajstić information content (AvgIpc) is 3.00. The summed E-state index contributed by atoms with van der Waals surface area (Å²) in [6, 6.07) is 0. The minimum atomic E-state index is 1.16. The second-order valence-electron chi connectivity index (χ2n) is 7.03. The maximum atomic E-state index is 4.57. The zero-order chi connectivity index (χ0) is 16.6. The normalized spacial score (nSPS) is 11.2. The second-order valence-corrected chi connectivity index (χ2v) is 7.03. The molecule has 0 spiro atoms. The van der Waals surface area contributed by atoms with E-state index in [0.717, 1.165) is 6.42 Å². The number of rotatable bonds is 16. The Morgan fingerprint density at radius 2 is 1.22 bits per heavy atom. The number of hydrogen-bond acceptors (Lipinski definition) is 1. The van der Waals surface area contributed by atoms with E-state index in [2.05, 4.69) is 29.6 Å². The molecule has 0 aliphatic heterocycles. The molecule has 0 saturated carbocycles. The summed E-state index contributed by atoms with van der Waals surface area (Å²) in [7, 11) is 0. The lowest BCUT2D eigenvalue weighted by molar-refractivity contribution is 0.530. The highest BCUT2D eigenvalue weighted by Gasteiger charge is 2.02. The Kier molecular flexibility index (Phi) is 13.0. The molecule has 1 heterocycles. The van der Waals surface area contributed by atoms with Crippen molar-refractivity contribution in [3.8, 4) is 0 Å². The molecule has 0 aliphatic rings. The van der Waals surface area contributed by atoms with Gasteiger partial charge in [-0.3, -0.25) is 0 Å². The van der Waals surface area contributed by atoms with Gasteiger partial charge in [-0.15, -0.1) is 0 Å². The smallest absolute Gasteiger partial charge is 0.108 e. The first-order valence-electron chi connectivity index (χ1n) is 10.4. The standard InChI is InChI=1S/C21H40N2/c1-3-5-7-9-11-13-15-17-21-22-18-20-23(21)19-16-14-12-10-8-6-4-2/h18,20H,3-17,19H2,1-2H3. The SMILES string of the molecule is CCCCCCCCCc1nccn1CCCCCCCCC. The van der Waals surface area contributed by atoms with Crippen molar-refractivity contribution in [1.82, 2.24) is 9.55 Å². The Labute approximate surface area is 145 Å². The van der Waals surface area contributed by atoms with E-state index in [0.29, 0.717) is 0 Å². The highest BCUT2D eigenvalue weighted by Crippen LogP contribution is 2.12. The summed E-state index contributed by atoms with van der Waals surface area (Å²) in [5.41, 5.74) is 0. The predicted octanol–water partition coefficient (Wildman–Crippen LogP) is 6.93. The van der Waals surface area contributed by atoms with E-state index < -0.39 is 0 Å². The Bertz CT molecular complexity index is 324. The minimum absolute atomic E-state index is 1.16. The van der Waals surface area contributed by atoms with Crippen molar-refractivity contribution in [2.75, 3.05) is 0 Å². The molecule has 1 aromatic heterocycles. The van der Waals surface area contributed by atoms with E-state index in [1.807, 2.05) is 6.20 Å². The van der Waals surface area contributed by atoms with Crippen LogP contribution in [0.3, 0.4) is 0 Å². The molecule has 0 N–H and O–H groups in total. The number of imidazole rings is 1. The lowest BCUT2D eigenvalue weighted by atomic mass is 10.1. The molecule has 1 aromatic rings. The molecular weight excluding hydrogens is 280 g/mol. The molecule has 0 bridgehead atoms. The van der Waals surface area contributed by atoms with Gasteiger partial charge in [0.15, 0.2) is 0 Å². The fourth-order valence-electron chi connectivity index (χ4n) is 3.25. The van der Waals surface area contributed by atoms with Gasteiger partial charge < -0.3 is 4.57 Å². The van der Waals surface area contributed by atoms with E-state index in [1.165, 1.54) is 102 Å². The number of hydrogen-bond donors (Lipinski definition) is 0. The molecular formula is C21H40N2.